The molecule has 1 rings (SSSR count). The highest BCUT2D eigenvalue weighted by Gasteiger charge is 2.37. The van der Waals surface area contributed by atoms with E-state index in [-0.39, 0.29) is 17.4 Å². The first-order valence-electron chi connectivity index (χ1n) is 7.80. The zero-order valence-corrected chi connectivity index (χ0v) is 18.5. The lowest BCUT2D eigenvalue weighted by molar-refractivity contribution is -0.145. The number of nitrogens with zero attached hydrogens (tertiary/aromatic N) is 1. The van der Waals surface area contributed by atoms with Crippen molar-refractivity contribution in [2.75, 3.05) is 13.7 Å². The van der Waals surface area contributed by atoms with Crippen LogP contribution in [0.4, 0.5) is 0 Å². The van der Waals surface area contributed by atoms with E-state index in [0.29, 0.717) is 21.8 Å². The van der Waals surface area contributed by atoms with Crippen molar-refractivity contribution in [1.29, 1.82) is 0 Å². The first-order valence-corrected chi connectivity index (χ1v) is 10.8. The van der Waals surface area contributed by atoms with Crippen molar-refractivity contribution in [2.24, 2.45) is 5.92 Å². The number of ether oxygens (including phenoxy) is 1. The molecule has 8 heteroatoms. The zero-order valence-electron chi connectivity index (χ0n) is 14.5. The Balaban J connectivity index is 3.46. The molecule has 0 saturated heterocycles. The van der Waals surface area contributed by atoms with Crippen LogP contribution in [0, 0.1) is 5.92 Å². The van der Waals surface area contributed by atoms with E-state index in [4.69, 9.17) is 4.74 Å². The Morgan fingerprint density at radius 1 is 1.36 bits per heavy atom. The van der Waals surface area contributed by atoms with Gasteiger partial charge in [-0.1, -0.05) is 35.9 Å². The predicted octanol–water partition coefficient (Wildman–Crippen LogP) is 4.37. The van der Waals surface area contributed by atoms with Gasteiger partial charge in [-0.15, -0.1) is 6.58 Å². The van der Waals surface area contributed by atoms with E-state index in [1.807, 2.05) is 13.8 Å². The molecule has 0 radical (unpaired) electrons. The van der Waals surface area contributed by atoms with Gasteiger partial charge < -0.3 is 4.74 Å². The Hall–Kier alpha value is -0.700. The molecule has 0 amide bonds. The van der Waals surface area contributed by atoms with Crippen LogP contribution < -0.4 is 0 Å². The van der Waals surface area contributed by atoms with Crippen molar-refractivity contribution >= 4 is 47.9 Å². The van der Waals surface area contributed by atoms with Crippen LogP contribution >= 0.6 is 31.9 Å². The third-order valence-corrected chi connectivity index (χ3v) is 6.94. The maximum Gasteiger partial charge on any atom is 0.324 e. The van der Waals surface area contributed by atoms with Crippen molar-refractivity contribution in [2.45, 2.75) is 37.6 Å². The molecule has 0 aromatic heterocycles. The largest absolute Gasteiger partial charge is 0.468 e. The molecule has 5 nitrogen and oxygen atoms in total. The van der Waals surface area contributed by atoms with Gasteiger partial charge in [-0.3, -0.25) is 4.79 Å². The topological polar surface area (TPSA) is 63.7 Å². The average Bonchev–Trinajstić information content (AvgIpc) is 2.54. The molecular formula is C17H23Br2NO4S. The van der Waals surface area contributed by atoms with E-state index < -0.39 is 22.0 Å². The summed E-state index contributed by atoms with van der Waals surface area (Å²) in [7, 11) is -2.65. The number of carbonyl (C=O) groups excluding carboxylic acids is 1. The lowest BCUT2D eigenvalue weighted by Crippen LogP contribution is -2.46. The van der Waals surface area contributed by atoms with Gasteiger partial charge >= 0.3 is 5.97 Å². The molecule has 0 bridgehead atoms. The van der Waals surface area contributed by atoms with Gasteiger partial charge in [0, 0.05) is 15.5 Å². The molecule has 0 aliphatic rings. The van der Waals surface area contributed by atoms with Crippen LogP contribution in [0.15, 0.2) is 44.7 Å². The summed E-state index contributed by atoms with van der Waals surface area (Å²) in [6.07, 6.45) is 2.42. The standard InChI is InChI=1S/C17H23Br2NO4S/c1-5-6-9-20(15(10-12(2)3)17(21)24-4)25(22,23)16-11-13(18)7-8-14(16)19/h5,7-8,11-12,15H,1,6,9-10H2,2-4H3/t15-/m1/s1. The van der Waals surface area contributed by atoms with E-state index in [9.17, 15) is 13.2 Å². The van der Waals surface area contributed by atoms with Gasteiger partial charge in [0.25, 0.3) is 0 Å². The van der Waals surface area contributed by atoms with Crippen LogP contribution in [0.1, 0.15) is 26.7 Å². The van der Waals surface area contributed by atoms with E-state index in [2.05, 4.69) is 38.4 Å². The second-order valence-corrected chi connectivity index (χ2v) is 9.57. The Morgan fingerprint density at radius 3 is 2.52 bits per heavy atom. The summed E-state index contributed by atoms with van der Waals surface area (Å²) in [4.78, 5) is 12.4. The monoisotopic (exact) mass is 495 g/mol. The molecule has 0 heterocycles. The van der Waals surface area contributed by atoms with E-state index in [1.54, 1.807) is 18.2 Å². The van der Waals surface area contributed by atoms with Crippen molar-refractivity contribution in [1.82, 2.24) is 4.31 Å². The number of methoxy groups -OCH3 is 1. The Morgan fingerprint density at radius 2 is 2.00 bits per heavy atom. The Kier molecular flexibility index (Phi) is 8.80. The van der Waals surface area contributed by atoms with Gasteiger partial charge in [0.15, 0.2) is 0 Å². The van der Waals surface area contributed by atoms with Gasteiger partial charge in [0.05, 0.1) is 12.0 Å². The summed E-state index contributed by atoms with van der Waals surface area (Å²) in [6.45, 7) is 7.67. The molecule has 0 saturated carbocycles. The molecule has 1 aromatic rings. The van der Waals surface area contributed by atoms with E-state index >= 15 is 0 Å². The highest BCUT2D eigenvalue weighted by molar-refractivity contribution is 9.11. The second kappa shape index (κ2) is 9.85. The van der Waals surface area contributed by atoms with Crippen molar-refractivity contribution in [3.8, 4) is 0 Å². The predicted molar refractivity (Wildman–Crippen MR) is 106 cm³/mol. The van der Waals surface area contributed by atoms with Crippen molar-refractivity contribution in [3.63, 3.8) is 0 Å². The van der Waals surface area contributed by atoms with Crippen molar-refractivity contribution in [3.05, 3.63) is 39.8 Å². The second-order valence-electron chi connectivity index (χ2n) is 5.94. The van der Waals surface area contributed by atoms with Crippen molar-refractivity contribution < 1.29 is 17.9 Å². The summed E-state index contributed by atoms with van der Waals surface area (Å²) in [5, 5.41) is 0. The lowest BCUT2D eigenvalue weighted by atomic mass is 10.0. The molecule has 25 heavy (non-hydrogen) atoms. The lowest BCUT2D eigenvalue weighted by Gasteiger charge is -2.30. The van der Waals surface area contributed by atoms with Gasteiger partial charge in [-0.25, -0.2) is 8.42 Å². The normalized spacial score (nSPS) is 13.1. The molecule has 0 aliphatic carbocycles. The number of carbonyl (C=O) groups is 1. The molecule has 0 spiro atoms. The Bertz CT molecular complexity index is 719. The molecule has 0 N–H and O–H groups in total. The minimum atomic E-state index is -3.92. The Labute approximate surface area is 166 Å². The number of sulfonamides is 1. The fourth-order valence-corrected chi connectivity index (χ4v) is 5.45. The summed E-state index contributed by atoms with van der Waals surface area (Å²) < 4.78 is 33.7. The van der Waals surface area contributed by atoms with Crippen LogP contribution in [0.3, 0.4) is 0 Å². The van der Waals surface area contributed by atoms with Gasteiger partial charge in [-0.2, -0.15) is 4.31 Å². The van der Waals surface area contributed by atoms with Gasteiger partial charge in [0.2, 0.25) is 10.0 Å². The molecular weight excluding hydrogens is 474 g/mol. The quantitative estimate of drug-likeness (QED) is 0.376. The van der Waals surface area contributed by atoms with Gasteiger partial charge in [-0.05, 0) is 52.9 Å². The minimum absolute atomic E-state index is 0.101. The molecule has 140 valence electrons. The maximum absolute atomic E-state index is 13.3. The van der Waals surface area contributed by atoms with Crippen LogP contribution in [0.5, 0.6) is 0 Å². The third-order valence-electron chi connectivity index (χ3n) is 3.55. The van der Waals surface area contributed by atoms with Crippen LogP contribution in [-0.4, -0.2) is 38.4 Å². The fraction of sp³-hybridized carbons (Fsp3) is 0.471. The number of benzene rings is 1. The summed E-state index contributed by atoms with van der Waals surface area (Å²) in [5.74, 6) is -0.441. The molecule has 0 aliphatic heterocycles. The molecule has 1 atom stereocenters. The molecule has 1 aromatic carbocycles. The van der Waals surface area contributed by atoms with E-state index in [1.165, 1.54) is 17.5 Å². The van der Waals surface area contributed by atoms with Crippen LogP contribution in [0.25, 0.3) is 0 Å². The third kappa shape index (κ3) is 5.91. The summed E-state index contributed by atoms with van der Waals surface area (Å²) >= 11 is 6.59. The first-order chi connectivity index (χ1) is 11.6. The van der Waals surface area contributed by atoms with Crippen LogP contribution in [-0.2, 0) is 19.6 Å². The smallest absolute Gasteiger partial charge is 0.324 e. The SMILES string of the molecule is C=CCCN([C@H](CC(C)C)C(=O)OC)S(=O)(=O)c1cc(Br)ccc1Br. The van der Waals surface area contributed by atoms with E-state index in [0.717, 1.165) is 0 Å². The number of rotatable bonds is 9. The maximum atomic E-state index is 13.3. The average molecular weight is 497 g/mol. The molecule has 0 unspecified atom stereocenters. The number of hydrogen-bond donors (Lipinski definition) is 0. The molecule has 0 fully saturated rings. The highest BCUT2D eigenvalue weighted by atomic mass is 79.9. The zero-order chi connectivity index (χ0) is 19.2. The number of esters is 1. The highest BCUT2D eigenvalue weighted by Crippen LogP contribution is 2.30. The van der Waals surface area contributed by atoms with Crippen LogP contribution in [0.2, 0.25) is 0 Å². The first kappa shape index (κ1) is 22.3. The number of hydrogen-bond acceptors (Lipinski definition) is 4. The number of halogens is 2. The van der Waals surface area contributed by atoms with Gasteiger partial charge in [0.1, 0.15) is 6.04 Å². The minimum Gasteiger partial charge on any atom is -0.468 e. The summed E-state index contributed by atoms with van der Waals surface area (Å²) in [5.41, 5.74) is 0. The summed E-state index contributed by atoms with van der Waals surface area (Å²) in [6, 6.07) is 4.02. The fourth-order valence-electron chi connectivity index (χ4n) is 2.38.